The number of hydrogen-bond acceptors (Lipinski definition) is 6. The lowest BCUT2D eigenvalue weighted by Gasteiger charge is -2.22. The average Bonchev–Trinajstić information content (AvgIpc) is 3.14. The third-order valence-electron chi connectivity index (χ3n) is 4.16. The highest BCUT2D eigenvalue weighted by Gasteiger charge is 2.19. The molecular formula is C17H24ClN5O3. The Hall–Kier alpha value is -2.32. The first-order chi connectivity index (χ1) is 12.2. The van der Waals surface area contributed by atoms with Crippen LogP contribution in [0, 0.1) is 0 Å². The summed E-state index contributed by atoms with van der Waals surface area (Å²) in [5.41, 5.74) is 0.825. The number of carbonyl (C=O) groups is 1. The Morgan fingerprint density at radius 2 is 2.15 bits per heavy atom. The van der Waals surface area contributed by atoms with Crippen molar-refractivity contribution in [2.24, 2.45) is 0 Å². The van der Waals surface area contributed by atoms with Crippen LogP contribution in [0.15, 0.2) is 24.4 Å². The Morgan fingerprint density at radius 1 is 1.38 bits per heavy atom. The van der Waals surface area contributed by atoms with Crippen LogP contribution >= 0.6 is 12.4 Å². The van der Waals surface area contributed by atoms with Crippen molar-refractivity contribution in [1.29, 1.82) is 0 Å². The standard InChI is InChI=1S/C17H23N5O3.ClH/c1-3-25-16-5-4-13(24-2)10-14(16)19-17(23)15-11-22(21-20-15)12-6-8-18-9-7-12;/h4-5,10-12,18H,3,6-9H2,1-2H3,(H,19,23);1H. The third kappa shape index (κ3) is 4.64. The Kier molecular flexibility index (Phi) is 7.23. The summed E-state index contributed by atoms with van der Waals surface area (Å²) < 4.78 is 12.6. The number of methoxy groups -OCH3 is 1. The zero-order valence-corrected chi connectivity index (χ0v) is 15.7. The van der Waals surface area contributed by atoms with E-state index >= 15 is 0 Å². The minimum absolute atomic E-state index is 0. The van der Waals surface area contributed by atoms with Gasteiger partial charge >= 0.3 is 0 Å². The Labute approximate surface area is 158 Å². The van der Waals surface area contributed by atoms with Crippen LogP contribution in [-0.4, -0.2) is 47.7 Å². The lowest BCUT2D eigenvalue weighted by Crippen LogP contribution is -2.29. The summed E-state index contributed by atoms with van der Waals surface area (Å²) in [5, 5.41) is 14.3. The lowest BCUT2D eigenvalue weighted by atomic mass is 10.1. The van der Waals surface area contributed by atoms with E-state index in [1.807, 2.05) is 6.92 Å². The number of nitrogens with one attached hydrogen (secondary N) is 2. The molecule has 1 aromatic carbocycles. The SMILES string of the molecule is CCOc1ccc(OC)cc1NC(=O)c1cn(C2CCNCC2)nn1.Cl. The average molecular weight is 382 g/mol. The normalized spacial score (nSPS) is 14.4. The number of halogens is 1. The number of nitrogens with zero attached hydrogens (tertiary/aromatic N) is 3. The zero-order chi connectivity index (χ0) is 17.6. The van der Waals surface area contributed by atoms with Gasteiger partial charge in [-0.15, -0.1) is 17.5 Å². The van der Waals surface area contributed by atoms with Gasteiger partial charge in [0.2, 0.25) is 0 Å². The van der Waals surface area contributed by atoms with Gasteiger partial charge in [0.1, 0.15) is 11.5 Å². The van der Waals surface area contributed by atoms with Gasteiger partial charge in [-0.2, -0.15) is 0 Å². The molecule has 0 spiro atoms. The number of piperidine rings is 1. The first kappa shape index (κ1) is 20.0. The number of aromatic nitrogens is 3. The fourth-order valence-electron chi connectivity index (χ4n) is 2.83. The number of ether oxygens (including phenoxy) is 2. The van der Waals surface area contributed by atoms with E-state index in [2.05, 4.69) is 20.9 Å². The van der Waals surface area contributed by atoms with Gasteiger partial charge in [-0.1, -0.05) is 5.21 Å². The molecule has 2 aromatic rings. The highest BCUT2D eigenvalue weighted by Crippen LogP contribution is 2.29. The van der Waals surface area contributed by atoms with Crippen LogP contribution in [0.3, 0.4) is 0 Å². The van der Waals surface area contributed by atoms with Crippen molar-refractivity contribution in [2.75, 3.05) is 32.1 Å². The molecular weight excluding hydrogens is 358 g/mol. The molecule has 0 bridgehead atoms. The van der Waals surface area contributed by atoms with E-state index in [1.54, 1.807) is 36.2 Å². The summed E-state index contributed by atoms with van der Waals surface area (Å²) in [5.74, 6) is 0.897. The van der Waals surface area contributed by atoms with Gasteiger partial charge in [0.25, 0.3) is 5.91 Å². The number of carbonyl (C=O) groups excluding carboxylic acids is 1. The molecule has 2 N–H and O–H groups in total. The van der Waals surface area contributed by atoms with E-state index in [1.165, 1.54) is 0 Å². The maximum Gasteiger partial charge on any atom is 0.277 e. The van der Waals surface area contributed by atoms with E-state index < -0.39 is 0 Å². The van der Waals surface area contributed by atoms with Crippen LogP contribution in [0.1, 0.15) is 36.3 Å². The largest absolute Gasteiger partial charge is 0.497 e. The van der Waals surface area contributed by atoms with Gasteiger partial charge in [0, 0.05) is 6.07 Å². The first-order valence-corrected chi connectivity index (χ1v) is 8.46. The minimum atomic E-state index is -0.325. The first-order valence-electron chi connectivity index (χ1n) is 8.46. The highest BCUT2D eigenvalue weighted by molar-refractivity contribution is 6.03. The highest BCUT2D eigenvalue weighted by atomic mass is 35.5. The predicted molar refractivity (Wildman–Crippen MR) is 101 cm³/mol. The van der Waals surface area contributed by atoms with Crippen molar-refractivity contribution >= 4 is 24.0 Å². The molecule has 0 aliphatic carbocycles. The van der Waals surface area contributed by atoms with Gasteiger partial charge in [-0.05, 0) is 45.0 Å². The van der Waals surface area contributed by atoms with E-state index in [0.717, 1.165) is 25.9 Å². The Bertz CT molecular complexity index is 731. The lowest BCUT2D eigenvalue weighted by molar-refractivity contribution is 0.102. The summed E-state index contributed by atoms with van der Waals surface area (Å²) >= 11 is 0. The molecule has 8 nitrogen and oxygen atoms in total. The second kappa shape index (κ2) is 9.40. The van der Waals surface area contributed by atoms with E-state index in [-0.39, 0.29) is 30.0 Å². The topological polar surface area (TPSA) is 90.3 Å². The fraction of sp³-hybridized carbons (Fsp3) is 0.471. The summed E-state index contributed by atoms with van der Waals surface area (Å²) in [6.45, 7) is 4.29. The summed E-state index contributed by atoms with van der Waals surface area (Å²) in [6.07, 6.45) is 3.66. The fourth-order valence-corrected chi connectivity index (χ4v) is 2.83. The number of rotatable bonds is 6. The van der Waals surface area contributed by atoms with Crippen LogP contribution in [0.4, 0.5) is 5.69 Å². The summed E-state index contributed by atoms with van der Waals surface area (Å²) in [6, 6.07) is 5.56. The van der Waals surface area contributed by atoms with E-state index in [0.29, 0.717) is 23.8 Å². The van der Waals surface area contributed by atoms with Crippen molar-refractivity contribution in [3.8, 4) is 11.5 Å². The molecule has 1 amide bonds. The molecule has 1 aliphatic heterocycles. The van der Waals surface area contributed by atoms with Gasteiger partial charge in [0.05, 0.1) is 31.6 Å². The maximum absolute atomic E-state index is 12.5. The van der Waals surface area contributed by atoms with Crippen LogP contribution in [-0.2, 0) is 0 Å². The predicted octanol–water partition coefficient (Wildman–Crippen LogP) is 2.28. The molecule has 9 heteroatoms. The Morgan fingerprint density at radius 3 is 2.85 bits per heavy atom. The van der Waals surface area contributed by atoms with Crippen LogP contribution in [0.25, 0.3) is 0 Å². The Balaban J connectivity index is 0.00000243. The quantitative estimate of drug-likeness (QED) is 0.797. The molecule has 1 aromatic heterocycles. The molecule has 3 rings (SSSR count). The van der Waals surface area contributed by atoms with Crippen molar-refractivity contribution in [1.82, 2.24) is 20.3 Å². The molecule has 26 heavy (non-hydrogen) atoms. The summed E-state index contributed by atoms with van der Waals surface area (Å²) in [4.78, 5) is 12.5. The van der Waals surface area contributed by atoms with Crippen LogP contribution in [0.5, 0.6) is 11.5 Å². The van der Waals surface area contributed by atoms with Crippen LogP contribution < -0.4 is 20.1 Å². The molecule has 2 heterocycles. The van der Waals surface area contributed by atoms with E-state index in [9.17, 15) is 4.79 Å². The second-order valence-corrected chi connectivity index (χ2v) is 5.81. The van der Waals surface area contributed by atoms with Gasteiger partial charge in [-0.25, -0.2) is 4.68 Å². The molecule has 0 atom stereocenters. The van der Waals surface area contributed by atoms with Crippen LogP contribution in [0.2, 0.25) is 0 Å². The monoisotopic (exact) mass is 381 g/mol. The van der Waals surface area contributed by atoms with E-state index in [4.69, 9.17) is 9.47 Å². The molecule has 0 saturated carbocycles. The molecule has 1 saturated heterocycles. The molecule has 0 unspecified atom stereocenters. The molecule has 0 radical (unpaired) electrons. The number of benzene rings is 1. The van der Waals surface area contributed by atoms with Crippen molar-refractivity contribution in [3.05, 3.63) is 30.1 Å². The smallest absolute Gasteiger partial charge is 0.277 e. The molecule has 142 valence electrons. The van der Waals surface area contributed by atoms with Crippen molar-refractivity contribution in [2.45, 2.75) is 25.8 Å². The number of hydrogen-bond donors (Lipinski definition) is 2. The molecule has 1 aliphatic rings. The second-order valence-electron chi connectivity index (χ2n) is 5.81. The number of amides is 1. The minimum Gasteiger partial charge on any atom is -0.497 e. The number of anilines is 1. The molecule has 1 fully saturated rings. The van der Waals surface area contributed by atoms with Gasteiger partial charge < -0.3 is 20.1 Å². The summed E-state index contributed by atoms with van der Waals surface area (Å²) in [7, 11) is 1.58. The maximum atomic E-state index is 12.5. The van der Waals surface area contributed by atoms with Crippen molar-refractivity contribution < 1.29 is 14.3 Å². The van der Waals surface area contributed by atoms with Gasteiger partial charge in [-0.3, -0.25) is 4.79 Å². The zero-order valence-electron chi connectivity index (χ0n) is 14.9. The van der Waals surface area contributed by atoms with Crippen molar-refractivity contribution in [3.63, 3.8) is 0 Å². The third-order valence-corrected chi connectivity index (χ3v) is 4.16. The van der Waals surface area contributed by atoms with Gasteiger partial charge in [0.15, 0.2) is 5.69 Å².